The van der Waals surface area contributed by atoms with Crippen LogP contribution in [0.2, 0.25) is 0 Å². The van der Waals surface area contributed by atoms with E-state index in [0.29, 0.717) is 18.3 Å². The molecule has 8 heteroatoms. The van der Waals surface area contributed by atoms with Gasteiger partial charge in [-0.25, -0.2) is 0 Å². The molecule has 5 fully saturated rings. The minimum atomic E-state index is -1.46. The predicted molar refractivity (Wildman–Crippen MR) is 168 cm³/mol. The van der Waals surface area contributed by atoms with Crippen molar-refractivity contribution in [1.82, 2.24) is 0 Å². The molecule has 44 heavy (non-hydrogen) atoms. The normalized spacial score (nSPS) is 51.5. The Bertz CT molecular complexity index is 1070. The molecule has 0 amide bonds. The number of ether oxygens (including phenoxy) is 2. The van der Waals surface area contributed by atoms with Crippen LogP contribution in [0.5, 0.6) is 0 Å². The molecule has 1 heterocycles. The van der Waals surface area contributed by atoms with Crippen molar-refractivity contribution in [3.63, 3.8) is 0 Å². The van der Waals surface area contributed by atoms with Gasteiger partial charge in [0.25, 0.3) is 0 Å². The van der Waals surface area contributed by atoms with Crippen LogP contribution >= 0.6 is 0 Å². The predicted octanol–water partition coefficient (Wildman–Crippen LogP) is 4.32. The molecular formula is C36H62O8. The number of rotatable bonds is 7. The van der Waals surface area contributed by atoms with Gasteiger partial charge in [-0.3, -0.25) is 0 Å². The SMILES string of the molecule is CC(C)=CCC[C@](C)(O)[C@@H]1CC[C@@]2(C)[C@@H]1[C@@H](O)C[C@@H]1[C@]3(C)CC[C@@H](O[C@@H]4O[C@H](CO)[C@@H](O)[C@H](O)[C@@H]4O)C(C)(C)[C@@H]3CC[C@]12C. The van der Waals surface area contributed by atoms with Crippen molar-refractivity contribution in [3.8, 4) is 0 Å². The monoisotopic (exact) mass is 622 g/mol. The molecule has 0 aromatic carbocycles. The van der Waals surface area contributed by atoms with E-state index in [1.807, 2.05) is 6.92 Å². The zero-order valence-electron chi connectivity index (χ0n) is 28.5. The summed E-state index contributed by atoms with van der Waals surface area (Å²) >= 11 is 0. The molecule has 0 aromatic heterocycles. The first kappa shape index (κ1) is 34.7. The van der Waals surface area contributed by atoms with Gasteiger partial charge in [0, 0.05) is 0 Å². The quantitative estimate of drug-likeness (QED) is 0.182. The Morgan fingerprint density at radius 3 is 2.18 bits per heavy atom. The van der Waals surface area contributed by atoms with Gasteiger partial charge in [0.1, 0.15) is 24.4 Å². The highest BCUT2D eigenvalue weighted by Gasteiger charge is 2.71. The van der Waals surface area contributed by atoms with Gasteiger partial charge in [0.2, 0.25) is 0 Å². The third-order valence-corrected chi connectivity index (χ3v) is 14.5. The summed E-state index contributed by atoms with van der Waals surface area (Å²) < 4.78 is 12.2. The molecule has 5 aliphatic rings. The van der Waals surface area contributed by atoms with Gasteiger partial charge in [-0.1, -0.05) is 46.3 Å². The van der Waals surface area contributed by atoms with E-state index in [2.05, 4.69) is 54.5 Å². The zero-order valence-corrected chi connectivity index (χ0v) is 28.5. The Balaban J connectivity index is 1.37. The molecular weight excluding hydrogens is 560 g/mol. The van der Waals surface area contributed by atoms with Gasteiger partial charge in [-0.05, 0) is 124 Å². The highest BCUT2D eigenvalue weighted by atomic mass is 16.7. The lowest BCUT2D eigenvalue weighted by Gasteiger charge is -2.70. The summed E-state index contributed by atoms with van der Waals surface area (Å²) in [5, 5.41) is 64.8. The molecule has 0 radical (unpaired) electrons. The molecule has 8 nitrogen and oxygen atoms in total. The number of hydrogen-bond acceptors (Lipinski definition) is 8. The first-order chi connectivity index (χ1) is 20.3. The third kappa shape index (κ3) is 5.26. The van der Waals surface area contributed by atoms with Crippen LogP contribution in [0.1, 0.15) is 113 Å². The van der Waals surface area contributed by atoms with E-state index >= 15 is 0 Å². The standard InChI is InChI=1S/C36H62O8/c1-20(2)10-9-14-36(8,42)21-11-16-35(7)27(21)22(38)18-25-33(5)15-13-26(32(3,4)24(33)12-17-34(25,35)6)44-31-30(41)29(40)28(39)23(19-37)43-31/h10,21-31,37-42H,9,11-19H2,1-8H3/t21-,22+,23-,24+,25-,26-,27+,28-,29+,30+,31+,33-,34-,35+,36+/m1/s1. The molecule has 0 unspecified atom stereocenters. The van der Waals surface area contributed by atoms with E-state index < -0.39 is 49.0 Å². The Hall–Kier alpha value is -0.580. The Kier molecular flexibility index (Phi) is 9.35. The molecule has 4 saturated carbocycles. The highest BCUT2D eigenvalue weighted by Crippen LogP contribution is 2.76. The Labute approximate surface area is 265 Å². The highest BCUT2D eigenvalue weighted by molar-refractivity contribution is 5.20. The first-order valence-electron chi connectivity index (χ1n) is 17.3. The number of allylic oxidation sites excluding steroid dienone is 2. The minimum Gasteiger partial charge on any atom is -0.394 e. The van der Waals surface area contributed by atoms with E-state index in [1.165, 1.54) is 5.57 Å². The lowest BCUT2D eigenvalue weighted by molar-refractivity contribution is -0.332. The van der Waals surface area contributed by atoms with Crippen molar-refractivity contribution in [2.24, 2.45) is 45.3 Å². The number of aliphatic hydroxyl groups excluding tert-OH is 5. The molecule has 1 aliphatic heterocycles. The third-order valence-electron chi connectivity index (χ3n) is 14.5. The van der Waals surface area contributed by atoms with Crippen LogP contribution in [-0.2, 0) is 9.47 Å². The number of aliphatic hydroxyl groups is 6. The van der Waals surface area contributed by atoms with Gasteiger partial charge in [0.05, 0.1) is 24.4 Å². The Morgan fingerprint density at radius 2 is 1.55 bits per heavy atom. The summed E-state index contributed by atoms with van der Waals surface area (Å²) in [5.74, 6) is 0.792. The van der Waals surface area contributed by atoms with E-state index in [9.17, 15) is 30.6 Å². The van der Waals surface area contributed by atoms with Crippen LogP contribution in [0.3, 0.4) is 0 Å². The van der Waals surface area contributed by atoms with Crippen LogP contribution < -0.4 is 0 Å². The second kappa shape index (κ2) is 11.8. The van der Waals surface area contributed by atoms with E-state index in [0.717, 1.165) is 51.4 Å². The second-order valence-corrected chi connectivity index (χ2v) is 17.3. The van der Waals surface area contributed by atoms with Crippen LogP contribution in [0.25, 0.3) is 0 Å². The van der Waals surface area contributed by atoms with Crippen molar-refractivity contribution >= 4 is 0 Å². The average molecular weight is 623 g/mol. The van der Waals surface area contributed by atoms with Gasteiger partial charge < -0.3 is 40.1 Å². The topological polar surface area (TPSA) is 140 Å². The zero-order chi connectivity index (χ0) is 32.6. The lowest BCUT2D eigenvalue weighted by atomic mass is 9.35. The van der Waals surface area contributed by atoms with Crippen LogP contribution in [0, 0.1) is 45.3 Å². The fraction of sp³-hybridized carbons (Fsp3) is 0.944. The molecule has 15 atom stereocenters. The van der Waals surface area contributed by atoms with Gasteiger partial charge in [-0.2, -0.15) is 0 Å². The van der Waals surface area contributed by atoms with Crippen LogP contribution in [0.15, 0.2) is 11.6 Å². The lowest BCUT2D eigenvalue weighted by Crippen LogP contribution is -2.67. The van der Waals surface area contributed by atoms with Crippen molar-refractivity contribution in [2.75, 3.05) is 6.61 Å². The molecule has 5 rings (SSSR count). The fourth-order valence-electron chi connectivity index (χ4n) is 11.9. The maximum atomic E-state index is 12.0. The molecule has 254 valence electrons. The molecule has 4 aliphatic carbocycles. The second-order valence-electron chi connectivity index (χ2n) is 17.3. The number of fused-ring (bicyclic) bond motifs is 5. The van der Waals surface area contributed by atoms with Crippen molar-refractivity contribution in [3.05, 3.63) is 11.6 Å². The van der Waals surface area contributed by atoms with Gasteiger partial charge >= 0.3 is 0 Å². The summed E-state index contributed by atoms with van der Waals surface area (Å²) in [5.41, 5.74) is 0.122. The van der Waals surface area contributed by atoms with Crippen molar-refractivity contribution in [1.29, 1.82) is 0 Å². The minimum absolute atomic E-state index is 0.0231. The van der Waals surface area contributed by atoms with E-state index in [-0.39, 0.29) is 39.6 Å². The van der Waals surface area contributed by atoms with Crippen molar-refractivity contribution in [2.45, 2.75) is 162 Å². The Morgan fingerprint density at radius 1 is 0.886 bits per heavy atom. The smallest absolute Gasteiger partial charge is 0.186 e. The molecule has 6 N–H and O–H groups in total. The first-order valence-corrected chi connectivity index (χ1v) is 17.3. The van der Waals surface area contributed by atoms with Crippen molar-refractivity contribution < 1.29 is 40.1 Å². The summed E-state index contributed by atoms with van der Waals surface area (Å²) in [6, 6.07) is 0. The summed E-state index contributed by atoms with van der Waals surface area (Å²) in [6.07, 6.45) is 3.15. The summed E-state index contributed by atoms with van der Waals surface area (Å²) in [4.78, 5) is 0. The average Bonchev–Trinajstić information content (AvgIpc) is 3.32. The van der Waals surface area contributed by atoms with Gasteiger partial charge in [0.15, 0.2) is 6.29 Å². The van der Waals surface area contributed by atoms with Gasteiger partial charge in [-0.15, -0.1) is 0 Å². The van der Waals surface area contributed by atoms with Crippen LogP contribution in [-0.4, -0.2) is 85.8 Å². The summed E-state index contributed by atoms with van der Waals surface area (Å²) in [7, 11) is 0. The largest absolute Gasteiger partial charge is 0.394 e. The van der Waals surface area contributed by atoms with Crippen LogP contribution in [0.4, 0.5) is 0 Å². The molecule has 0 bridgehead atoms. The van der Waals surface area contributed by atoms with E-state index in [4.69, 9.17) is 9.47 Å². The maximum absolute atomic E-state index is 12.0. The number of hydrogen-bond donors (Lipinski definition) is 6. The fourth-order valence-corrected chi connectivity index (χ4v) is 11.9. The molecule has 0 spiro atoms. The van der Waals surface area contributed by atoms with E-state index in [1.54, 1.807) is 0 Å². The molecule has 1 saturated heterocycles. The maximum Gasteiger partial charge on any atom is 0.186 e. The molecule has 0 aromatic rings. The summed E-state index contributed by atoms with van der Waals surface area (Å²) in [6.45, 7) is 17.5.